The van der Waals surface area contributed by atoms with Crippen molar-refractivity contribution in [2.75, 3.05) is 31.6 Å². The van der Waals surface area contributed by atoms with E-state index in [9.17, 15) is 10.1 Å². The minimum Gasteiger partial charge on any atom is -0.378 e. The normalized spacial score (nSPS) is 19.0. The van der Waals surface area contributed by atoms with Crippen molar-refractivity contribution in [3.63, 3.8) is 0 Å². The molecule has 2 aliphatic rings. The Hall–Kier alpha value is -1.42. The molecule has 1 saturated heterocycles. The number of ether oxygens (including phenoxy) is 1. The van der Waals surface area contributed by atoms with Crippen LogP contribution in [0, 0.1) is 11.3 Å². The summed E-state index contributed by atoms with van der Waals surface area (Å²) in [6, 6.07) is 2.33. The summed E-state index contributed by atoms with van der Waals surface area (Å²) in [6.07, 6.45) is 7.86. The van der Waals surface area contributed by atoms with E-state index >= 15 is 0 Å². The first kappa shape index (κ1) is 18.4. The Morgan fingerprint density at radius 2 is 2.08 bits per heavy atom. The Labute approximate surface area is 154 Å². The second-order valence-electron chi connectivity index (χ2n) is 6.86. The van der Waals surface area contributed by atoms with Gasteiger partial charge in [0.05, 0.1) is 18.2 Å². The number of hydrogen-bond acceptors (Lipinski definition) is 5. The Balaban J connectivity index is 1.58. The highest BCUT2D eigenvalue weighted by Crippen LogP contribution is 2.36. The first-order valence-corrected chi connectivity index (χ1v) is 10.2. The van der Waals surface area contributed by atoms with E-state index < -0.39 is 0 Å². The van der Waals surface area contributed by atoms with Crippen LogP contribution in [0.4, 0.5) is 5.00 Å². The van der Waals surface area contributed by atoms with Crippen molar-refractivity contribution in [2.45, 2.75) is 58.0 Å². The number of carbonyl (C=O) groups is 1. The van der Waals surface area contributed by atoms with Crippen LogP contribution in [0.15, 0.2) is 0 Å². The molecule has 0 radical (unpaired) electrons. The summed E-state index contributed by atoms with van der Waals surface area (Å²) in [5, 5.41) is 13.3. The molecular formula is C19H27N3O2S. The van der Waals surface area contributed by atoms with Crippen LogP contribution >= 0.6 is 11.3 Å². The zero-order chi connectivity index (χ0) is 17.6. The van der Waals surface area contributed by atoms with Crippen molar-refractivity contribution in [1.82, 2.24) is 4.90 Å². The molecular weight excluding hydrogens is 334 g/mol. The molecule has 6 heteroatoms. The van der Waals surface area contributed by atoms with E-state index in [0.717, 1.165) is 56.8 Å². The molecule has 1 aromatic heterocycles. The van der Waals surface area contributed by atoms with Gasteiger partial charge in [-0.1, -0.05) is 6.42 Å². The zero-order valence-electron chi connectivity index (χ0n) is 15.0. The average molecular weight is 362 g/mol. The number of anilines is 1. The summed E-state index contributed by atoms with van der Waals surface area (Å²) in [6.45, 7) is 4.96. The maximum Gasteiger partial charge on any atom is 0.239 e. The quantitative estimate of drug-likeness (QED) is 0.817. The number of carbonyl (C=O) groups excluding carboxylic acids is 1. The van der Waals surface area contributed by atoms with E-state index in [4.69, 9.17) is 4.74 Å². The predicted octanol–water partition coefficient (Wildman–Crippen LogP) is 3.33. The zero-order valence-corrected chi connectivity index (χ0v) is 15.8. The average Bonchev–Trinajstić information content (AvgIpc) is 2.77. The Bertz CT molecular complexity index is 642. The topological polar surface area (TPSA) is 65.4 Å². The molecule has 0 aromatic carbocycles. The number of amides is 1. The molecule has 0 bridgehead atoms. The highest BCUT2D eigenvalue weighted by molar-refractivity contribution is 7.16. The highest BCUT2D eigenvalue weighted by Gasteiger charge is 2.23. The van der Waals surface area contributed by atoms with Crippen molar-refractivity contribution >= 4 is 22.2 Å². The van der Waals surface area contributed by atoms with Gasteiger partial charge in [0.1, 0.15) is 11.1 Å². The fraction of sp³-hybridized carbons (Fsp3) is 0.684. The third kappa shape index (κ3) is 4.60. The number of thiophene rings is 1. The fourth-order valence-corrected chi connectivity index (χ4v) is 5.04. The molecule has 0 saturated carbocycles. The van der Waals surface area contributed by atoms with E-state index in [1.165, 1.54) is 23.3 Å². The van der Waals surface area contributed by atoms with Crippen molar-refractivity contribution in [2.24, 2.45) is 0 Å². The Morgan fingerprint density at radius 1 is 1.32 bits per heavy atom. The molecule has 1 amide bonds. The van der Waals surface area contributed by atoms with E-state index in [1.807, 2.05) is 6.92 Å². The van der Waals surface area contributed by atoms with Crippen LogP contribution in [-0.2, 0) is 22.4 Å². The van der Waals surface area contributed by atoms with Gasteiger partial charge in [-0.3, -0.25) is 9.69 Å². The van der Waals surface area contributed by atoms with Gasteiger partial charge in [-0.2, -0.15) is 5.26 Å². The van der Waals surface area contributed by atoms with Crippen LogP contribution in [0.3, 0.4) is 0 Å². The van der Waals surface area contributed by atoms with E-state index in [2.05, 4.69) is 16.3 Å². The first-order valence-electron chi connectivity index (χ1n) is 9.39. The standard InChI is InChI=1S/C19H27N3O2S/c1-2-24-14-8-10-22(11-9-14)13-18(23)21-19-16(12-20)15-6-4-3-5-7-17(15)25-19/h14H,2-11,13H2,1H3,(H,21,23). The van der Waals surface area contributed by atoms with Gasteiger partial charge >= 0.3 is 0 Å². The lowest BCUT2D eigenvalue weighted by atomic mass is 10.1. The third-order valence-corrected chi connectivity index (χ3v) is 6.30. The van der Waals surface area contributed by atoms with Gasteiger partial charge in [0.15, 0.2) is 0 Å². The van der Waals surface area contributed by atoms with Crippen molar-refractivity contribution in [3.05, 3.63) is 16.0 Å². The summed E-state index contributed by atoms with van der Waals surface area (Å²) in [4.78, 5) is 15.9. The number of aryl methyl sites for hydroxylation is 1. The van der Waals surface area contributed by atoms with Gasteiger partial charge in [0, 0.05) is 24.6 Å². The summed E-state index contributed by atoms with van der Waals surface area (Å²) in [5.41, 5.74) is 1.88. The van der Waals surface area contributed by atoms with Gasteiger partial charge in [-0.15, -0.1) is 11.3 Å². The fourth-order valence-electron chi connectivity index (χ4n) is 3.79. The van der Waals surface area contributed by atoms with Crippen LogP contribution in [0.1, 0.15) is 55.0 Å². The Morgan fingerprint density at radius 3 is 2.80 bits per heavy atom. The smallest absolute Gasteiger partial charge is 0.239 e. The molecule has 0 spiro atoms. The summed E-state index contributed by atoms with van der Waals surface area (Å²) >= 11 is 1.60. The van der Waals surface area contributed by atoms with Gasteiger partial charge in [-0.25, -0.2) is 0 Å². The number of piperidine rings is 1. The van der Waals surface area contributed by atoms with Gasteiger partial charge in [0.25, 0.3) is 0 Å². The molecule has 1 N–H and O–H groups in total. The molecule has 1 fully saturated rings. The molecule has 1 aliphatic heterocycles. The SMILES string of the molecule is CCOC1CCN(CC(=O)Nc2sc3c(c2C#N)CCCCC3)CC1. The third-order valence-electron chi connectivity index (χ3n) is 5.09. The number of nitriles is 1. The molecule has 2 heterocycles. The summed E-state index contributed by atoms with van der Waals surface area (Å²) in [7, 11) is 0. The molecule has 1 aliphatic carbocycles. The summed E-state index contributed by atoms with van der Waals surface area (Å²) < 4.78 is 5.66. The van der Waals surface area contributed by atoms with Crippen molar-refractivity contribution in [3.8, 4) is 6.07 Å². The second-order valence-corrected chi connectivity index (χ2v) is 7.96. The van der Waals surface area contributed by atoms with Crippen LogP contribution < -0.4 is 5.32 Å². The molecule has 0 unspecified atom stereocenters. The molecule has 25 heavy (non-hydrogen) atoms. The lowest BCUT2D eigenvalue weighted by molar-refractivity contribution is -0.118. The van der Waals surface area contributed by atoms with Crippen LogP contribution in [0.25, 0.3) is 0 Å². The van der Waals surface area contributed by atoms with Crippen molar-refractivity contribution in [1.29, 1.82) is 5.26 Å². The van der Waals surface area contributed by atoms with Gasteiger partial charge in [-0.05, 0) is 51.0 Å². The number of likely N-dealkylation sites (tertiary alicyclic amines) is 1. The lowest BCUT2D eigenvalue weighted by Crippen LogP contribution is -2.41. The Kier molecular flexibility index (Phi) is 6.46. The maximum atomic E-state index is 12.5. The molecule has 5 nitrogen and oxygen atoms in total. The van der Waals surface area contributed by atoms with Crippen molar-refractivity contribution < 1.29 is 9.53 Å². The number of rotatable bonds is 5. The largest absolute Gasteiger partial charge is 0.378 e. The van der Waals surface area contributed by atoms with E-state index in [1.54, 1.807) is 11.3 Å². The summed E-state index contributed by atoms with van der Waals surface area (Å²) in [5.74, 6) is -0.0113. The van der Waals surface area contributed by atoms with Crippen LogP contribution in [0.2, 0.25) is 0 Å². The van der Waals surface area contributed by atoms with Gasteiger partial charge < -0.3 is 10.1 Å². The molecule has 3 rings (SSSR count). The van der Waals surface area contributed by atoms with E-state index in [-0.39, 0.29) is 5.91 Å². The minimum atomic E-state index is -0.0113. The number of hydrogen-bond donors (Lipinski definition) is 1. The number of fused-ring (bicyclic) bond motifs is 1. The minimum absolute atomic E-state index is 0.0113. The molecule has 1 aromatic rings. The number of nitrogens with zero attached hydrogens (tertiary/aromatic N) is 2. The van der Waals surface area contributed by atoms with Crippen LogP contribution in [0.5, 0.6) is 0 Å². The number of nitrogens with one attached hydrogen (secondary N) is 1. The molecule has 136 valence electrons. The predicted molar refractivity (Wildman–Crippen MR) is 100 cm³/mol. The van der Waals surface area contributed by atoms with Gasteiger partial charge in [0.2, 0.25) is 5.91 Å². The van der Waals surface area contributed by atoms with Crippen LogP contribution in [-0.4, -0.2) is 43.2 Å². The highest BCUT2D eigenvalue weighted by atomic mass is 32.1. The van der Waals surface area contributed by atoms with E-state index in [0.29, 0.717) is 18.2 Å². The lowest BCUT2D eigenvalue weighted by Gasteiger charge is -2.31. The monoisotopic (exact) mass is 361 g/mol. The first-order chi connectivity index (χ1) is 12.2. The molecule has 0 atom stereocenters. The maximum absolute atomic E-state index is 12.5. The second kappa shape index (κ2) is 8.79.